The van der Waals surface area contributed by atoms with Crippen molar-refractivity contribution < 1.29 is 9.47 Å². The third-order valence-electron chi connectivity index (χ3n) is 2.66. The molecular formula is C12H13ClN2O3. The van der Waals surface area contributed by atoms with Crippen LogP contribution in [0.2, 0.25) is 0 Å². The van der Waals surface area contributed by atoms with E-state index in [4.69, 9.17) is 21.1 Å². The van der Waals surface area contributed by atoms with Crippen LogP contribution >= 0.6 is 11.6 Å². The van der Waals surface area contributed by atoms with E-state index in [1.807, 2.05) is 0 Å². The fourth-order valence-electron chi connectivity index (χ4n) is 1.82. The van der Waals surface area contributed by atoms with Crippen molar-refractivity contribution in [2.45, 2.75) is 6.54 Å². The van der Waals surface area contributed by atoms with Crippen LogP contribution in [0.4, 0.5) is 0 Å². The molecule has 0 aliphatic heterocycles. The standard InChI is InChI=1S/C12H13ClN2O3/c1-17-9-4-3-8-7-14-15(6-5-13)12(16)10(8)11(9)18-2/h3-4,7H,5-6H2,1-2H3. The Morgan fingerprint density at radius 1 is 1.33 bits per heavy atom. The van der Waals surface area contributed by atoms with Gasteiger partial charge in [-0.25, -0.2) is 4.68 Å². The summed E-state index contributed by atoms with van der Waals surface area (Å²) in [6.45, 7) is 0.358. The van der Waals surface area contributed by atoms with Gasteiger partial charge in [-0.1, -0.05) is 0 Å². The second-order valence-corrected chi connectivity index (χ2v) is 4.01. The molecule has 0 saturated heterocycles. The Morgan fingerprint density at radius 3 is 2.72 bits per heavy atom. The van der Waals surface area contributed by atoms with Crippen molar-refractivity contribution in [2.24, 2.45) is 0 Å². The average molecular weight is 269 g/mol. The zero-order valence-electron chi connectivity index (χ0n) is 10.1. The molecule has 0 bridgehead atoms. The van der Waals surface area contributed by atoms with Crippen LogP contribution in [0.5, 0.6) is 11.5 Å². The van der Waals surface area contributed by atoms with Crippen LogP contribution < -0.4 is 15.0 Å². The van der Waals surface area contributed by atoms with Crippen molar-refractivity contribution in [3.05, 3.63) is 28.7 Å². The molecule has 18 heavy (non-hydrogen) atoms. The van der Waals surface area contributed by atoms with E-state index < -0.39 is 0 Å². The molecule has 0 saturated carbocycles. The molecule has 1 heterocycles. The van der Waals surface area contributed by atoms with Gasteiger partial charge in [0.05, 0.1) is 32.3 Å². The summed E-state index contributed by atoms with van der Waals surface area (Å²) < 4.78 is 11.8. The molecule has 2 rings (SSSR count). The van der Waals surface area contributed by atoms with Crippen LogP contribution in [-0.4, -0.2) is 29.9 Å². The molecule has 2 aromatic rings. The summed E-state index contributed by atoms with van der Waals surface area (Å²) in [4.78, 5) is 12.3. The molecule has 0 radical (unpaired) electrons. The molecule has 0 amide bonds. The quantitative estimate of drug-likeness (QED) is 0.792. The van der Waals surface area contributed by atoms with Crippen molar-refractivity contribution >= 4 is 22.4 Å². The molecular weight excluding hydrogens is 256 g/mol. The average Bonchev–Trinajstić information content (AvgIpc) is 2.40. The number of methoxy groups -OCH3 is 2. The molecule has 0 unspecified atom stereocenters. The lowest BCUT2D eigenvalue weighted by Crippen LogP contribution is -2.23. The maximum atomic E-state index is 12.3. The van der Waals surface area contributed by atoms with Gasteiger partial charge in [0.15, 0.2) is 11.5 Å². The minimum absolute atomic E-state index is 0.232. The number of hydrogen-bond acceptors (Lipinski definition) is 4. The number of ether oxygens (including phenoxy) is 2. The molecule has 0 aliphatic rings. The van der Waals surface area contributed by atoms with Gasteiger partial charge in [-0.2, -0.15) is 5.10 Å². The van der Waals surface area contributed by atoms with Crippen molar-refractivity contribution in [2.75, 3.05) is 20.1 Å². The maximum Gasteiger partial charge on any atom is 0.278 e. The lowest BCUT2D eigenvalue weighted by molar-refractivity contribution is 0.358. The van der Waals surface area contributed by atoms with Gasteiger partial charge >= 0.3 is 0 Å². The van der Waals surface area contributed by atoms with Gasteiger partial charge in [-0.3, -0.25) is 4.79 Å². The number of fused-ring (bicyclic) bond motifs is 1. The van der Waals surface area contributed by atoms with Crippen molar-refractivity contribution in [1.29, 1.82) is 0 Å². The van der Waals surface area contributed by atoms with Crippen LogP contribution in [0.1, 0.15) is 0 Å². The Kier molecular flexibility index (Phi) is 3.72. The number of alkyl halides is 1. The van der Waals surface area contributed by atoms with Crippen LogP contribution in [0, 0.1) is 0 Å². The number of hydrogen-bond donors (Lipinski definition) is 0. The molecule has 1 aromatic carbocycles. The van der Waals surface area contributed by atoms with Gasteiger partial charge in [-0.15, -0.1) is 11.6 Å². The van der Waals surface area contributed by atoms with Gasteiger partial charge in [0.25, 0.3) is 5.56 Å². The zero-order valence-corrected chi connectivity index (χ0v) is 10.9. The lowest BCUT2D eigenvalue weighted by atomic mass is 10.1. The molecule has 0 N–H and O–H groups in total. The van der Waals surface area contributed by atoms with Crippen LogP contribution in [0.15, 0.2) is 23.1 Å². The predicted molar refractivity (Wildman–Crippen MR) is 69.8 cm³/mol. The Hall–Kier alpha value is -1.75. The number of benzene rings is 1. The monoisotopic (exact) mass is 268 g/mol. The number of aromatic nitrogens is 2. The minimum Gasteiger partial charge on any atom is -0.493 e. The van der Waals surface area contributed by atoms with E-state index in [1.54, 1.807) is 18.3 Å². The van der Waals surface area contributed by atoms with Gasteiger partial charge in [0.1, 0.15) is 0 Å². The summed E-state index contributed by atoms with van der Waals surface area (Å²) in [5.41, 5.74) is -0.232. The highest BCUT2D eigenvalue weighted by molar-refractivity contribution is 6.17. The highest BCUT2D eigenvalue weighted by atomic mass is 35.5. The van der Waals surface area contributed by atoms with Crippen LogP contribution in [0.3, 0.4) is 0 Å². The second kappa shape index (κ2) is 5.27. The Morgan fingerprint density at radius 2 is 2.11 bits per heavy atom. The first-order chi connectivity index (χ1) is 8.72. The molecule has 0 spiro atoms. The van der Waals surface area contributed by atoms with Crippen molar-refractivity contribution in [3.63, 3.8) is 0 Å². The number of aryl methyl sites for hydroxylation is 1. The van der Waals surface area contributed by atoms with Gasteiger partial charge in [0.2, 0.25) is 0 Å². The van der Waals surface area contributed by atoms with Gasteiger partial charge < -0.3 is 9.47 Å². The van der Waals surface area contributed by atoms with Gasteiger partial charge in [-0.05, 0) is 12.1 Å². The van der Waals surface area contributed by atoms with Gasteiger partial charge in [0, 0.05) is 11.3 Å². The predicted octanol–water partition coefficient (Wildman–Crippen LogP) is 1.65. The fraction of sp³-hybridized carbons (Fsp3) is 0.333. The SMILES string of the molecule is COc1ccc2cnn(CCCl)c(=O)c2c1OC. The molecule has 6 heteroatoms. The van der Waals surface area contributed by atoms with Crippen molar-refractivity contribution in [3.8, 4) is 11.5 Å². The van der Waals surface area contributed by atoms with E-state index in [1.165, 1.54) is 18.9 Å². The Bertz CT molecular complexity index is 624. The van der Waals surface area contributed by atoms with E-state index in [2.05, 4.69) is 5.10 Å². The Labute approximate surface area is 109 Å². The minimum atomic E-state index is -0.232. The first-order valence-electron chi connectivity index (χ1n) is 5.39. The summed E-state index contributed by atoms with van der Waals surface area (Å²) in [5.74, 6) is 1.27. The number of rotatable bonds is 4. The molecule has 1 aromatic heterocycles. The number of halogens is 1. The smallest absolute Gasteiger partial charge is 0.278 e. The largest absolute Gasteiger partial charge is 0.493 e. The third kappa shape index (κ3) is 2.01. The fourth-order valence-corrected chi connectivity index (χ4v) is 1.98. The summed E-state index contributed by atoms with van der Waals surface area (Å²) in [6, 6.07) is 3.52. The molecule has 0 aliphatic carbocycles. The highest BCUT2D eigenvalue weighted by Gasteiger charge is 2.14. The topological polar surface area (TPSA) is 53.4 Å². The van der Waals surface area contributed by atoms with E-state index in [0.717, 1.165) is 0 Å². The molecule has 5 nitrogen and oxygen atoms in total. The summed E-state index contributed by atoms with van der Waals surface area (Å²) in [6.07, 6.45) is 1.62. The lowest BCUT2D eigenvalue weighted by Gasteiger charge is -2.11. The second-order valence-electron chi connectivity index (χ2n) is 3.63. The molecule has 0 atom stereocenters. The van der Waals surface area contributed by atoms with Crippen LogP contribution in [-0.2, 0) is 6.54 Å². The molecule has 96 valence electrons. The third-order valence-corrected chi connectivity index (χ3v) is 2.83. The van der Waals surface area contributed by atoms with Crippen LogP contribution in [0.25, 0.3) is 10.8 Å². The maximum absolute atomic E-state index is 12.3. The summed E-state index contributed by atoms with van der Waals surface area (Å²) >= 11 is 5.64. The summed E-state index contributed by atoms with van der Waals surface area (Å²) in [5, 5.41) is 5.22. The van der Waals surface area contributed by atoms with E-state index in [0.29, 0.717) is 34.7 Å². The highest BCUT2D eigenvalue weighted by Crippen LogP contribution is 2.32. The van der Waals surface area contributed by atoms with E-state index >= 15 is 0 Å². The first-order valence-corrected chi connectivity index (χ1v) is 5.93. The van der Waals surface area contributed by atoms with E-state index in [9.17, 15) is 4.79 Å². The first kappa shape index (κ1) is 12.7. The number of nitrogens with zero attached hydrogens (tertiary/aromatic N) is 2. The normalized spacial score (nSPS) is 10.6. The zero-order chi connectivity index (χ0) is 13.1. The Balaban J connectivity index is 2.80. The van der Waals surface area contributed by atoms with E-state index in [-0.39, 0.29) is 5.56 Å². The molecule has 0 fully saturated rings. The van der Waals surface area contributed by atoms with Crippen molar-refractivity contribution in [1.82, 2.24) is 9.78 Å². The summed E-state index contributed by atoms with van der Waals surface area (Å²) in [7, 11) is 3.03.